The topological polar surface area (TPSA) is 69.7 Å². The average Bonchev–Trinajstić information content (AvgIpc) is 3.26. The van der Waals surface area contributed by atoms with E-state index in [1.807, 2.05) is 42.7 Å². The Morgan fingerprint density at radius 2 is 1.45 bits per heavy atom. The summed E-state index contributed by atoms with van der Waals surface area (Å²) in [5.74, 6) is 0.0120. The fraction of sp³-hybridized carbons (Fsp3) is 0.609. The maximum absolute atomic E-state index is 13.2. The summed E-state index contributed by atoms with van der Waals surface area (Å²) in [6.07, 6.45) is 3.51. The molecule has 0 bridgehead atoms. The highest BCUT2D eigenvalue weighted by Gasteiger charge is 2.37. The van der Waals surface area contributed by atoms with E-state index in [4.69, 9.17) is 0 Å². The number of carbonyl (C=O) groups excluding carboxylic acids is 3. The van der Waals surface area contributed by atoms with Crippen LogP contribution in [0.25, 0.3) is 0 Å². The van der Waals surface area contributed by atoms with Gasteiger partial charge in [0.15, 0.2) is 0 Å². The summed E-state index contributed by atoms with van der Waals surface area (Å²) >= 11 is 0. The molecule has 0 aliphatic carbocycles. The number of hydrogen-bond donors (Lipinski definition) is 1. The highest BCUT2D eigenvalue weighted by atomic mass is 16.2. The summed E-state index contributed by atoms with van der Waals surface area (Å²) in [5.41, 5.74) is 1.66. The Kier molecular flexibility index (Phi) is 6.93. The van der Waals surface area contributed by atoms with Crippen molar-refractivity contribution in [1.82, 2.24) is 15.1 Å². The first-order chi connectivity index (χ1) is 13.9. The number of amides is 3. The van der Waals surface area contributed by atoms with Gasteiger partial charge in [-0.1, -0.05) is 31.5 Å². The molecule has 2 aliphatic heterocycles. The Morgan fingerprint density at radius 1 is 0.897 bits per heavy atom. The van der Waals surface area contributed by atoms with E-state index in [-0.39, 0.29) is 29.6 Å². The lowest BCUT2D eigenvalue weighted by atomic mass is 9.87. The molecule has 0 radical (unpaired) electrons. The first kappa shape index (κ1) is 21.3. The van der Waals surface area contributed by atoms with Gasteiger partial charge in [-0.05, 0) is 50.7 Å². The van der Waals surface area contributed by atoms with E-state index in [1.165, 1.54) is 0 Å². The summed E-state index contributed by atoms with van der Waals surface area (Å²) in [4.78, 5) is 42.1. The van der Waals surface area contributed by atoms with E-state index in [9.17, 15) is 14.4 Å². The van der Waals surface area contributed by atoms with Crippen LogP contribution in [0.2, 0.25) is 0 Å². The van der Waals surface area contributed by atoms with Gasteiger partial charge in [0.05, 0.1) is 0 Å². The monoisotopic (exact) mass is 399 g/mol. The van der Waals surface area contributed by atoms with E-state index < -0.39 is 6.04 Å². The SMILES string of the molecule is Cc1ccc(C(=O)NC(C(=O)N2CCCC2)C2CCN(C(=O)C(C)C)CC2)cc1. The van der Waals surface area contributed by atoms with Gasteiger partial charge in [0.25, 0.3) is 5.91 Å². The van der Waals surface area contributed by atoms with Crippen LogP contribution in [0.15, 0.2) is 24.3 Å². The third-order valence-electron chi connectivity index (χ3n) is 6.10. The van der Waals surface area contributed by atoms with Crippen molar-refractivity contribution in [2.24, 2.45) is 11.8 Å². The number of aryl methyl sites for hydroxylation is 1. The molecule has 6 nitrogen and oxygen atoms in total. The van der Waals surface area contributed by atoms with Gasteiger partial charge in [0.1, 0.15) is 6.04 Å². The van der Waals surface area contributed by atoms with Crippen molar-refractivity contribution in [2.45, 2.75) is 52.5 Å². The van der Waals surface area contributed by atoms with Crippen LogP contribution >= 0.6 is 0 Å². The zero-order chi connectivity index (χ0) is 21.0. The number of likely N-dealkylation sites (tertiary alicyclic amines) is 2. The molecule has 1 aromatic rings. The van der Waals surface area contributed by atoms with Gasteiger partial charge < -0.3 is 15.1 Å². The zero-order valence-corrected chi connectivity index (χ0v) is 17.8. The molecule has 0 saturated carbocycles. The minimum absolute atomic E-state index is 0.0187. The van der Waals surface area contributed by atoms with E-state index >= 15 is 0 Å². The number of piperidine rings is 1. The highest BCUT2D eigenvalue weighted by Crippen LogP contribution is 2.25. The molecular formula is C23H33N3O3. The second kappa shape index (κ2) is 9.42. The lowest BCUT2D eigenvalue weighted by molar-refractivity contribution is -0.137. The third kappa shape index (κ3) is 5.17. The molecule has 3 amide bonds. The Bertz CT molecular complexity index is 730. The highest BCUT2D eigenvalue weighted by molar-refractivity contribution is 5.97. The molecular weight excluding hydrogens is 366 g/mol. The van der Waals surface area contributed by atoms with Gasteiger partial charge >= 0.3 is 0 Å². The summed E-state index contributed by atoms with van der Waals surface area (Å²) in [6, 6.07) is 6.88. The van der Waals surface area contributed by atoms with Gasteiger partial charge in [0, 0.05) is 37.7 Å². The van der Waals surface area contributed by atoms with E-state index in [0.717, 1.165) is 44.3 Å². The van der Waals surface area contributed by atoms with Crippen LogP contribution in [0.3, 0.4) is 0 Å². The van der Waals surface area contributed by atoms with Crippen LogP contribution < -0.4 is 5.32 Å². The molecule has 3 rings (SSSR count). The molecule has 158 valence electrons. The number of nitrogens with one attached hydrogen (secondary N) is 1. The molecule has 1 unspecified atom stereocenters. The maximum Gasteiger partial charge on any atom is 0.251 e. The second-order valence-corrected chi connectivity index (χ2v) is 8.67. The minimum Gasteiger partial charge on any atom is -0.342 e. The Hall–Kier alpha value is -2.37. The van der Waals surface area contributed by atoms with E-state index in [1.54, 1.807) is 12.1 Å². The third-order valence-corrected chi connectivity index (χ3v) is 6.10. The molecule has 1 aromatic carbocycles. The van der Waals surface area contributed by atoms with Gasteiger partial charge in [-0.15, -0.1) is 0 Å². The lowest BCUT2D eigenvalue weighted by Crippen LogP contribution is -2.54. The van der Waals surface area contributed by atoms with Crippen molar-refractivity contribution in [2.75, 3.05) is 26.2 Å². The molecule has 2 heterocycles. The van der Waals surface area contributed by atoms with Gasteiger partial charge in [-0.25, -0.2) is 0 Å². The van der Waals surface area contributed by atoms with Crippen LogP contribution in [0, 0.1) is 18.8 Å². The fourth-order valence-corrected chi connectivity index (χ4v) is 4.26. The van der Waals surface area contributed by atoms with Crippen molar-refractivity contribution in [3.8, 4) is 0 Å². The van der Waals surface area contributed by atoms with Crippen LogP contribution in [0.4, 0.5) is 0 Å². The molecule has 1 N–H and O–H groups in total. The molecule has 6 heteroatoms. The normalized spacial score (nSPS) is 18.8. The average molecular weight is 400 g/mol. The largest absolute Gasteiger partial charge is 0.342 e. The van der Waals surface area contributed by atoms with Crippen LogP contribution in [0.5, 0.6) is 0 Å². The van der Waals surface area contributed by atoms with Crippen LogP contribution in [-0.4, -0.2) is 59.7 Å². The minimum atomic E-state index is -0.529. The van der Waals surface area contributed by atoms with E-state index in [0.29, 0.717) is 18.7 Å². The van der Waals surface area contributed by atoms with Gasteiger partial charge in [-0.3, -0.25) is 14.4 Å². The second-order valence-electron chi connectivity index (χ2n) is 8.67. The van der Waals surface area contributed by atoms with Crippen molar-refractivity contribution in [3.05, 3.63) is 35.4 Å². The molecule has 2 saturated heterocycles. The lowest BCUT2D eigenvalue weighted by Gasteiger charge is -2.37. The van der Waals surface area contributed by atoms with Gasteiger partial charge in [0.2, 0.25) is 11.8 Å². The predicted molar refractivity (Wildman–Crippen MR) is 112 cm³/mol. The molecule has 1 atom stereocenters. The van der Waals surface area contributed by atoms with Crippen molar-refractivity contribution >= 4 is 17.7 Å². The van der Waals surface area contributed by atoms with Crippen molar-refractivity contribution < 1.29 is 14.4 Å². The zero-order valence-electron chi connectivity index (χ0n) is 17.8. The summed E-state index contributed by atoms with van der Waals surface area (Å²) in [5, 5.41) is 3.03. The Morgan fingerprint density at radius 3 is 2.00 bits per heavy atom. The fourth-order valence-electron chi connectivity index (χ4n) is 4.26. The quantitative estimate of drug-likeness (QED) is 0.827. The smallest absolute Gasteiger partial charge is 0.251 e. The Labute approximate surface area is 173 Å². The summed E-state index contributed by atoms with van der Waals surface area (Å²) in [6.45, 7) is 8.62. The molecule has 29 heavy (non-hydrogen) atoms. The van der Waals surface area contributed by atoms with Gasteiger partial charge in [-0.2, -0.15) is 0 Å². The number of carbonyl (C=O) groups is 3. The molecule has 0 aromatic heterocycles. The predicted octanol–water partition coefficient (Wildman–Crippen LogP) is 2.61. The maximum atomic E-state index is 13.2. The molecule has 2 fully saturated rings. The number of hydrogen-bond acceptors (Lipinski definition) is 3. The number of benzene rings is 1. The molecule has 0 spiro atoms. The van der Waals surface area contributed by atoms with Crippen molar-refractivity contribution in [1.29, 1.82) is 0 Å². The Balaban J connectivity index is 1.71. The molecule has 2 aliphatic rings. The van der Waals surface area contributed by atoms with Crippen molar-refractivity contribution in [3.63, 3.8) is 0 Å². The van der Waals surface area contributed by atoms with E-state index in [2.05, 4.69) is 5.32 Å². The van der Waals surface area contributed by atoms with Crippen LogP contribution in [0.1, 0.15) is 55.5 Å². The standard InChI is InChI=1S/C23H33N3O3/c1-16(2)22(28)26-14-10-18(11-15-26)20(23(29)25-12-4-5-13-25)24-21(27)19-8-6-17(3)7-9-19/h6-9,16,18,20H,4-5,10-15H2,1-3H3,(H,24,27). The summed E-state index contributed by atoms with van der Waals surface area (Å²) in [7, 11) is 0. The first-order valence-electron chi connectivity index (χ1n) is 10.8. The first-order valence-corrected chi connectivity index (χ1v) is 10.8. The number of nitrogens with zero attached hydrogens (tertiary/aromatic N) is 2. The summed E-state index contributed by atoms with van der Waals surface area (Å²) < 4.78 is 0. The number of rotatable bonds is 5. The van der Waals surface area contributed by atoms with Crippen LogP contribution in [-0.2, 0) is 9.59 Å².